The number of hydrogen-bond acceptors (Lipinski definition) is 1. The topological polar surface area (TPSA) is 20.2 Å². The van der Waals surface area contributed by atoms with Gasteiger partial charge in [0.15, 0.2) is 0 Å². The Hall–Kier alpha value is -0.600. The Bertz CT molecular complexity index is 368. The van der Waals surface area contributed by atoms with Gasteiger partial charge in [-0.25, -0.2) is 4.39 Å². The Morgan fingerprint density at radius 3 is 2.42 bits per heavy atom. The molecule has 0 amide bonds. The molecule has 1 N–H and O–H groups in total. The number of benzene rings is 1. The molecule has 0 heterocycles. The number of halogens is 2. The van der Waals surface area contributed by atoms with E-state index in [0.29, 0.717) is 12.0 Å². The fraction of sp³-hybridized carbons (Fsp3) is 0.625. The quantitative estimate of drug-likeness (QED) is 0.581. The summed E-state index contributed by atoms with van der Waals surface area (Å²) in [5.41, 5.74) is 0.318. The normalized spacial score (nSPS) is 12.6. The molecular weight excluding hydrogens is 263 g/mol. The largest absolute Gasteiger partial charge is 0.388 e. The molecule has 0 radical (unpaired) electrons. The Balaban J connectivity index is 2.24. The van der Waals surface area contributed by atoms with E-state index in [4.69, 9.17) is 11.6 Å². The van der Waals surface area contributed by atoms with Gasteiger partial charge in [-0.15, -0.1) is 0 Å². The van der Waals surface area contributed by atoms with E-state index in [0.717, 1.165) is 12.8 Å². The Morgan fingerprint density at radius 1 is 1.11 bits per heavy atom. The molecule has 0 saturated carbocycles. The molecule has 1 nitrogen and oxygen atoms in total. The third-order valence-electron chi connectivity index (χ3n) is 3.42. The highest BCUT2D eigenvalue weighted by Crippen LogP contribution is 2.26. The first-order valence-corrected chi connectivity index (χ1v) is 7.66. The zero-order chi connectivity index (χ0) is 14.1. The lowest BCUT2D eigenvalue weighted by molar-refractivity contribution is 0.159. The maximum Gasteiger partial charge on any atom is 0.147 e. The van der Waals surface area contributed by atoms with Crippen LogP contribution in [0.4, 0.5) is 4.39 Å². The predicted molar refractivity (Wildman–Crippen MR) is 79.0 cm³/mol. The summed E-state index contributed by atoms with van der Waals surface area (Å²) in [4.78, 5) is 0. The molecule has 0 aromatic heterocycles. The van der Waals surface area contributed by atoms with Gasteiger partial charge in [-0.3, -0.25) is 0 Å². The van der Waals surface area contributed by atoms with Gasteiger partial charge in [-0.1, -0.05) is 75.6 Å². The number of rotatable bonds is 9. The number of aliphatic hydroxyl groups is 1. The second-order valence-corrected chi connectivity index (χ2v) is 5.48. The van der Waals surface area contributed by atoms with Gasteiger partial charge in [0.05, 0.1) is 11.1 Å². The van der Waals surface area contributed by atoms with Gasteiger partial charge in [-0.05, 0) is 12.5 Å². The van der Waals surface area contributed by atoms with E-state index < -0.39 is 11.9 Å². The average Bonchev–Trinajstić information content (AvgIpc) is 2.40. The Kier molecular flexibility index (Phi) is 8.08. The second kappa shape index (κ2) is 9.33. The van der Waals surface area contributed by atoms with Crippen molar-refractivity contribution in [3.63, 3.8) is 0 Å². The van der Waals surface area contributed by atoms with Crippen LogP contribution in [0, 0.1) is 5.82 Å². The fourth-order valence-corrected chi connectivity index (χ4v) is 2.41. The molecule has 0 spiro atoms. The number of unbranched alkanes of at least 4 members (excludes halogenated alkanes) is 6. The minimum Gasteiger partial charge on any atom is -0.388 e. The summed E-state index contributed by atoms with van der Waals surface area (Å²) in [6.07, 6.45) is 8.20. The molecule has 3 heteroatoms. The molecule has 108 valence electrons. The van der Waals surface area contributed by atoms with Crippen molar-refractivity contribution < 1.29 is 9.50 Å². The van der Waals surface area contributed by atoms with E-state index in [-0.39, 0.29) is 5.02 Å². The summed E-state index contributed by atoms with van der Waals surface area (Å²) in [7, 11) is 0. The highest BCUT2D eigenvalue weighted by atomic mass is 35.5. The molecule has 0 bridgehead atoms. The van der Waals surface area contributed by atoms with E-state index in [2.05, 4.69) is 6.92 Å². The fourth-order valence-electron chi connectivity index (χ4n) is 2.23. The van der Waals surface area contributed by atoms with Crippen LogP contribution < -0.4 is 0 Å². The number of hydrogen-bond donors (Lipinski definition) is 1. The minimum absolute atomic E-state index is 0.0797. The molecule has 1 rings (SSSR count). The van der Waals surface area contributed by atoms with Crippen molar-refractivity contribution >= 4 is 11.6 Å². The SMILES string of the molecule is CCCCCCCCCC(O)c1cccc(Cl)c1F. The summed E-state index contributed by atoms with van der Waals surface area (Å²) < 4.78 is 13.7. The smallest absolute Gasteiger partial charge is 0.147 e. The van der Waals surface area contributed by atoms with Crippen LogP contribution in [0.2, 0.25) is 5.02 Å². The van der Waals surface area contributed by atoms with Crippen LogP contribution in [0.1, 0.15) is 70.0 Å². The van der Waals surface area contributed by atoms with E-state index in [1.54, 1.807) is 12.1 Å². The Morgan fingerprint density at radius 2 is 1.74 bits per heavy atom. The molecule has 0 saturated heterocycles. The van der Waals surface area contributed by atoms with Crippen LogP contribution >= 0.6 is 11.6 Å². The minimum atomic E-state index is -0.741. The van der Waals surface area contributed by atoms with Crippen molar-refractivity contribution in [3.8, 4) is 0 Å². The molecule has 1 aromatic rings. The lowest BCUT2D eigenvalue weighted by Crippen LogP contribution is -2.01. The van der Waals surface area contributed by atoms with Crippen molar-refractivity contribution in [1.29, 1.82) is 0 Å². The third-order valence-corrected chi connectivity index (χ3v) is 3.71. The second-order valence-electron chi connectivity index (χ2n) is 5.07. The van der Waals surface area contributed by atoms with Crippen molar-refractivity contribution in [2.24, 2.45) is 0 Å². The molecule has 19 heavy (non-hydrogen) atoms. The van der Waals surface area contributed by atoms with Crippen molar-refractivity contribution in [3.05, 3.63) is 34.6 Å². The molecule has 1 atom stereocenters. The van der Waals surface area contributed by atoms with Crippen molar-refractivity contribution in [1.82, 2.24) is 0 Å². The van der Waals surface area contributed by atoms with Gasteiger partial charge >= 0.3 is 0 Å². The van der Waals surface area contributed by atoms with Gasteiger partial charge in [0.1, 0.15) is 5.82 Å². The Labute approximate surface area is 120 Å². The van der Waals surface area contributed by atoms with Gasteiger partial charge < -0.3 is 5.11 Å². The van der Waals surface area contributed by atoms with Crippen LogP contribution in [0.3, 0.4) is 0 Å². The standard InChI is InChI=1S/C16H24ClFO/c1-2-3-4-5-6-7-8-12-15(19)13-10-9-11-14(17)16(13)18/h9-11,15,19H,2-8,12H2,1H3. The van der Waals surface area contributed by atoms with E-state index in [9.17, 15) is 9.50 Å². The highest BCUT2D eigenvalue weighted by molar-refractivity contribution is 6.30. The molecule has 1 unspecified atom stereocenters. The summed E-state index contributed by atoms with van der Waals surface area (Å²) in [6.45, 7) is 2.20. The average molecular weight is 287 g/mol. The lowest BCUT2D eigenvalue weighted by atomic mass is 10.0. The first-order valence-electron chi connectivity index (χ1n) is 7.28. The summed E-state index contributed by atoms with van der Waals surface area (Å²) >= 11 is 5.70. The van der Waals surface area contributed by atoms with Gasteiger partial charge in [0.25, 0.3) is 0 Å². The van der Waals surface area contributed by atoms with E-state index >= 15 is 0 Å². The van der Waals surface area contributed by atoms with Crippen LogP contribution in [0.25, 0.3) is 0 Å². The maximum atomic E-state index is 13.7. The lowest BCUT2D eigenvalue weighted by Gasteiger charge is -2.12. The number of aliphatic hydroxyl groups excluding tert-OH is 1. The van der Waals surface area contributed by atoms with Gasteiger partial charge in [0, 0.05) is 5.56 Å². The van der Waals surface area contributed by atoms with Crippen molar-refractivity contribution in [2.45, 2.75) is 64.4 Å². The predicted octanol–water partition coefficient (Wildman–Crippen LogP) is 5.65. The first-order chi connectivity index (χ1) is 9.16. The van der Waals surface area contributed by atoms with Crippen LogP contribution in [-0.2, 0) is 0 Å². The molecule has 0 aliphatic rings. The monoisotopic (exact) mass is 286 g/mol. The third kappa shape index (κ3) is 5.92. The molecule has 1 aromatic carbocycles. The van der Waals surface area contributed by atoms with E-state index in [1.807, 2.05) is 0 Å². The first kappa shape index (κ1) is 16.5. The summed E-state index contributed by atoms with van der Waals surface area (Å²) in [5.74, 6) is -0.486. The highest BCUT2D eigenvalue weighted by Gasteiger charge is 2.14. The zero-order valence-electron chi connectivity index (χ0n) is 11.7. The van der Waals surface area contributed by atoms with Crippen LogP contribution in [-0.4, -0.2) is 5.11 Å². The molecule has 0 fully saturated rings. The molecule has 0 aliphatic heterocycles. The molecule has 0 aliphatic carbocycles. The van der Waals surface area contributed by atoms with Crippen molar-refractivity contribution in [2.75, 3.05) is 0 Å². The summed E-state index contributed by atoms with van der Waals surface area (Å²) in [5, 5.41) is 10.0. The van der Waals surface area contributed by atoms with Crippen LogP contribution in [0.15, 0.2) is 18.2 Å². The zero-order valence-corrected chi connectivity index (χ0v) is 12.4. The maximum absolute atomic E-state index is 13.7. The summed E-state index contributed by atoms with van der Waals surface area (Å²) in [6, 6.07) is 4.78. The van der Waals surface area contributed by atoms with Gasteiger partial charge in [-0.2, -0.15) is 0 Å². The van der Waals surface area contributed by atoms with E-state index in [1.165, 1.54) is 38.2 Å². The van der Waals surface area contributed by atoms with Crippen LogP contribution in [0.5, 0.6) is 0 Å². The van der Waals surface area contributed by atoms with Gasteiger partial charge in [0.2, 0.25) is 0 Å². The molecular formula is C16H24ClFO.